The number of ether oxygens (including phenoxy) is 1. The fourth-order valence-electron chi connectivity index (χ4n) is 1.05. The van der Waals surface area contributed by atoms with Crippen LogP contribution in [-0.4, -0.2) is 56.3 Å². The van der Waals surface area contributed by atoms with Gasteiger partial charge in [-0.05, 0) is 0 Å². The van der Waals surface area contributed by atoms with E-state index in [9.17, 15) is 0 Å². The summed E-state index contributed by atoms with van der Waals surface area (Å²) in [6.45, 7) is 1.10. The minimum absolute atomic E-state index is 0.290. The molecule has 1 saturated heterocycles. The van der Waals surface area contributed by atoms with Gasteiger partial charge in [0.2, 0.25) is 0 Å². The third-order valence-corrected chi connectivity index (χ3v) is 1.91. The van der Waals surface area contributed by atoms with Crippen LogP contribution in [0.15, 0.2) is 0 Å². The molecular weight excluding hydrogens is 144 g/mol. The van der Waals surface area contributed by atoms with Crippen LogP contribution in [0.4, 0.5) is 0 Å². The fourth-order valence-corrected chi connectivity index (χ4v) is 1.05. The van der Waals surface area contributed by atoms with Crippen molar-refractivity contribution in [3.05, 3.63) is 0 Å². The Hall–Kier alpha value is -0.160. The number of rotatable bonds is 1. The normalized spacial score (nSPS) is 33.8. The van der Waals surface area contributed by atoms with Crippen LogP contribution in [0.25, 0.3) is 0 Å². The van der Waals surface area contributed by atoms with Crippen LogP contribution in [0.1, 0.15) is 0 Å². The summed E-state index contributed by atoms with van der Waals surface area (Å²) in [4.78, 5) is 0. The smallest absolute Gasteiger partial charge is 0.167 e. The van der Waals surface area contributed by atoms with Gasteiger partial charge in [0.05, 0.1) is 27.7 Å². The maximum atomic E-state index is 9.00. The highest BCUT2D eigenvalue weighted by molar-refractivity contribution is 4.62. The Labute approximate surface area is 67.4 Å². The van der Waals surface area contributed by atoms with Crippen molar-refractivity contribution in [1.29, 1.82) is 0 Å². The van der Waals surface area contributed by atoms with Crippen LogP contribution in [0.5, 0.6) is 0 Å². The number of aliphatic hydroxyl groups is 1. The molecule has 1 aliphatic heterocycles. The molecule has 0 aromatic rings. The lowest BCUT2D eigenvalue weighted by molar-refractivity contribution is -0.901. The van der Waals surface area contributed by atoms with Gasteiger partial charge in [-0.15, -0.1) is 0 Å². The number of nitrogens with zero attached hydrogens (tertiary/aromatic N) is 1. The highest BCUT2D eigenvalue weighted by Gasteiger charge is 2.28. The molecule has 1 aliphatic rings. The van der Waals surface area contributed by atoms with E-state index in [0.29, 0.717) is 19.3 Å². The second kappa shape index (κ2) is 3.06. The molecule has 1 heterocycles. The number of aliphatic hydroxyl groups excluding tert-OH is 1. The van der Waals surface area contributed by atoms with Gasteiger partial charge in [0.25, 0.3) is 0 Å². The maximum Gasteiger partial charge on any atom is 0.167 e. The summed E-state index contributed by atoms with van der Waals surface area (Å²) in [6.07, 6.45) is -0.337. The zero-order chi connectivity index (χ0) is 8.48. The summed E-state index contributed by atoms with van der Waals surface area (Å²) in [5.74, 6) is 0. The average molecular weight is 161 g/mol. The standard InChI is InChI=1S/C7H17N2O2/c1-9(2,3)6-5-11-7(10)4-8-6/h6-8,10H,4-5H2,1-3H3/q+1. The Balaban J connectivity index is 2.39. The van der Waals surface area contributed by atoms with Gasteiger partial charge in [-0.25, -0.2) is 0 Å². The van der Waals surface area contributed by atoms with Crippen LogP contribution in [0.2, 0.25) is 0 Å². The van der Waals surface area contributed by atoms with Crippen LogP contribution < -0.4 is 5.32 Å². The lowest BCUT2D eigenvalue weighted by Gasteiger charge is -2.37. The van der Waals surface area contributed by atoms with E-state index in [2.05, 4.69) is 26.5 Å². The molecule has 11 heavy (non-hydrogen) atoms. The van der Waals surface area contributed by atoms with E-state index in [1.165, 1.54) is 0 Å². The van der Waals surface area contributed by atoms with Crippen molar-refractivity contribution in [2.75, 3.05) is 34.3 Å². The predicted octanol–water partition coefficient (Wildman–Crippen LogP) is -1.04. The lowest BCUT2D eigenvalue weighted by atomic mass is 10.3. The Morgan fingerprint density at radius 2 is 2.09 bits per heavy atom. The third-order valence-electron chi connectivity index (χ3n) is 1.91. The summed E-state index contributed by atoms with van der Waals surface area (Å²) in [7, 11) is 6.29. The van der Waals surface area contributed by atoms with E-state index >= 15 is 0 Å². The van der Waals surface area contributed by atoms with Crippen LogP contribution in [0, 0.1) is 0 Å². The molecular formula is C7H17N2O2+. The van der Waals surface area contributed by atoms with E-state index in [4.69, 9.17) is 9.84 Å². The van der Waals surface area contributed by atoms with E-state index < -0.39 is 6.29 Å². The first kappa shape index (κ1) is 8.93. The fraction of sp³-hybridized carbons (Fsp3) is 1.00. The number of morpholine rings is 1. The van der Waals surface area contributed by atoms with E-state index in [0.717, 1.165) is 4.48 Å². The lowest BCUT2D eigenvalue weighted by Crippen LogP contribution is -2.60. The van der Waals surface area contributed by atoms with E-state index in [-0.39, 0.29) is 0 Å². The Kier molecular flexibility index (Phi) is 2.49. The number of quaternary nitrogens is 1. The molecule has 0 aromatic carbocycles. The monoisotopic (exact) mass is 161 g/mol. The Morgan fingerprint density at radius 1 is 1.45 bits per heavy atom. The summed E-state index contributed by atoms with van der Waals surface area (Å²) in [5.41, 5.74) is 0. The third kappa shape index (κ3) is 2.41. The Morgan fingerprint density at radius 3 is 2.45 bits per heavy atom. The largest absolute Gasteiger partial charge is 0.367 e. The van der Waals surface area contributed by atoms with E-state index in [1.54, 1.807) is 0 Å². The molecule has 2 atom stereocenters. The number of likely N-dealkylation sites (N-methyl/N-ethyl adjacent to an activating group) is 1. The van der Waals surface area contributed by atoms with Crippen LogP contribution >= 0.6 is 0 Å². The molecule has 0 amide bonds. The quantitative estimate of drug-likeness (QED) is 0.483. The number of hydrogen-bond acceptors (Lipinski definition) is 3. The minimum atomic E-state index is -0.627. The summed E-state index contributed by atoms with van der Waals surface area (Å²) in [6, 6.07) is 0. The number of β-amino-alcohol motifs (C(OH)–C–C–N with tert-alkyl or cyclic N) is 1. The van der Waals surface area contributed by atoms with Gasteiger partial charge in [-0.1, -0.05) is 0 Å². The second-order valence-electron chi connectivity index (χ2n) is 3.83. The molecule has 2 N–H and O–H groups in total. The van der Waals surface area contributed by atoms with Gasteiger partial charge in [0, 0.05) is 0 Å². The maximum absolute atomic E-state index is 9.00. The molecule has 0 aliphatic carbocycles. The highest BCUT2D eigenvalue weighted by atomic mass is 16.6. The van der Waals surface area contributed by atoms with E-state index in [1.807, 2.05) is 0 Å². The van der Waals surface area contributed by atoms with Gasteiger partial charge < -0.3 is 14.3 Å². The van der Waals surface area contributed by atoms with Crippen molar-refractivity contribution < 1.29 is 14.3 Å². The summed E-state index contributed by atoms with van der Waals surface area (Å²) >= 11 is 0. The molecule has 1 fully saturated rings. The molecule has 4 nitrogen and oxygen atoms in total. The van der Waals surface area contributed by atoms with Gasteiger partial charge in [-0.3, -0.25) is 5.32 Å². The predicted molar refractivity (Wildman–Crippen MR) is 41.8 cm³/mol. The zero-order valence-electron chi connectivity index (χ0n) is 7.37. The van der Waals surface area contributed by atoms with Crippen molar-refractivity contribution in [2.24, 2.45) is 0 Å². The first-order valence-corrected chi connectivity index (χ1v) is 3.84. The molecule has 0 spiro atoms. The summed E-state index contributed by atoms with van der Waals surface area (Å²) in [5, 5.41) is 12.2. The topological polar surface area (TPSA) is 41.5 Å². The van der Waals surface area contributed by atoms with Gasteiger partial charge in [0.15, 0.2) is 12.5 Å². The van der Waals surface area contributed by atoms with Crippen molar-refractivity contribution in [3.63, 3.8) is 0 Å². The van der Waals surface area contributed by atoms with Crippen LogP contribution in [-0.2, 0) is 4.74 Å². The molecule has 4 heteroatoms. The molecule has 1 rings (SSSR count). The number of nitrogens with one attached hydrogen (secondary N) is 1. The van der Waals surface area contributed by atoms with Gasteiger partial charge in [0.1, 0.15) is 6.61 Å². The SMILES string of the molecule is C[N+](C)(C)C1COC(O)CN1. The van der Waals surface area contributed by atoms with Crippen molar-refractivity contribution in [1.82, 2.24) is 5.32 Å². The van der Waals surface area contributed by atoms with Crippen LogP contribution in [0.3, 0.4) is 0 Å². The first-order valence-electron chi connectivity index (χ1n) is 3.84. The second-order valence-corrected chi connectivity index (χ2v) is 3.83. The van der Waals surface area contributed by atoms with Crippen molar-refractivity contribution in [2.45, 2.75) is 12.5 Å². The van der Waals surface area contributed by atoms with Gasteiger partial charge >= 0.3 is 0 Å². The average Bonchev–Trinajstić information content (AvgIpc) is 1.86. The summed E-state index contributed by atoms with van der Waals surface area (Å²) < 4.78 is 5.91. The first-order chi connectivity index (χ1) is 5.00. The molecule has 0 saturated carbocycles. The van der Waals surface area contributed by atoms with Gasteiger partial charge in [-0.2, -0.15) is 0 Å². The van der Waals surface area contributed by atoms with Crippen molar-refractivity contribution in [3.8, 4) is 0 Å². The molecule has 0 aromatic heterocycles. The molecule has 0 radical (unpaired) electrons. The molecule has 0 bridgehead atoms. The van der Waals surface area contributed by atoms with Crippen molar-refractivity contribution >= 4 is 0 Å². The zero-order valence-corrected chi connectivity index (χ0v) is 7.37. The molecule has 66 valence electrons. The molecule has 2 unspecified atom stereocenters. The Bertz CT molecular complexity index is 125. The number of hydrogen-bond donors (Lipinski definition) is 2. The highest BCUT2D eigenvalue weighted by Crippen LogP contribution is 2.05. The minimum Gasteiger partial charge on any atom is -0.367 e.